The summed E-state index contributed by atoms with van der Waals surface area (Å²) in [6.45, 7) is 7.11. The number of carbonyl (C=O) groups excluding carboxylic acids is 3. The Hall–Kier alpha value is -4.54. The van der Waals surface area contributed by atoms with Crippen LogP contribution in [-0.2, 0) is 27.9 Å². The van der Waals surface area contributed by atoms with Gasteiger partial charge in [-0.3, -0.25) is 19.5 Å². The van der Waals surface area contributed by atoms with E-state index < -0.39 is 17.9 Å². The number of nitrogens with one attached hydrogen (secondary N) is 3. The van der Waals surface area contributed by atoms with Gasteiger partial charge in [0.05, 0.1) is 31.8 Å². The first-order valence-electron chi connectivity index (χ1n) is 12.8. The molecule has 0 saturated carbocycles. The number of amides is 2. The molecule has 0 radical (unpaired) electrons. The summed E-state index contributed by atoms with van der Waals surface area (Å²) in [6.07, 6.45) is 0.455. The van der Waals surface area contributed by atoms with E-state index in [4.69, 9.17) is 4.74 Å². The van der Waals surface area contributed by atoms with Crippen LogP contribution in [0.15, 0.2) is 42.5 Å². The lowest BCUT2D eigenvalue weighted by molar-refractivity contribution is -0.141. The number of rotatable bonds is 6. The summed E-state index contributed by atoms with van der Waals surface area (Å²) >= 11 is 0. The van der Waals surface area contributed by atoms with E-state index in [2.05, 4.69) is 51.7 Å². The van der Waals surface area contributed by atoms with Gasteiger partial charge in [-0.05, 0) is 41.2 Å². The van der Waals surface area contributed by atoms with Gasteiger partial charge in [-0.2, -0.15) is 20.5 Å². The van der Waals surface area contributed by atoms with E-state index in [1.165, 1.54) is 7.11 Å². The third-order valence-electron chi connectivity index (χ3n) is 7.08. The average molecular weight is 530 g/mol. The smallest absolute Gasteiger partial charge is 0.307 e. The number of hydrogen-bond acceptors (Lipinski definition) is 7. The number of carbonyl (C=O) groups is 3. The molecule has 0 saturated heterocycles. The molecule has 1 aliphatic heterocycles. The third-order valence-corrected chi connectivity index (χ3v) is 7.08. The SMILES string of the molecule is COC(=O)CC(NC(=O)c1n[nH]c2c1CCN(C(=O)c1ccc3n[nH]nc3c1)C2)c1ccc(C(C)(C)C)cc1. The Balaban J connectivity index is 1.32. The molecule has 11 nitrogen and oxygen atoms in total. The van der Waals surface area contributed by atoms with Gasteiger partial charge in [-0.1, -0.05) is 45.0 Å². The van der Waals surface area contributed by atoms with E-state index in [0.29, 0.717) is 41.8 Å². The van der Waals surface area contributed by atoms with Crippen molar-refractivity contribution >= 4 is 28.8 Å². The first kappa shape index (κ1) is 26.1. The molecule has 0 aliphatic carbocycles. The van der Waals surface area contributed by atoms with Crippen LogP contribution in [-0.4, -0.2) is 61.9 Å². The van der Waals surface area contributed by atoms with Crippen molar-refractivity contribution < 1.29 is 19.1 Å². The maximum absolute atomic E-state index is 13.4. The molecule has 2 aromatic carbocycles. The number of aromatic nitrogens is 5. The molecule has 2 amide bonds. The van der Waals surface area contributed by atoms with Gasteiger partial charge in [0.15, 0.2) is 5.69 Å². The molecule has 1 aliphatic rings. The molecule has 39 heavy (non-hydrogen) atoms. The molecule has 0 bridgehead atoms. The average Bonchev–Trinajstić information content (AvgIpc) is 3.58. The number of fused-ring (bicyclic) bond motifs is 2. The van der Waals surface area contributed by atoms with Crippen LogP contribution in [0.5, 0.6) is 0 Å². The van der Waals surface area contributed by atoms with Crippen molar-refractivity contribution in [2.75, 3.05) is 13.7 Å². The molecule has 4 aromatic rings. The summed E-state index contributed by atoms with van der Waals surface area (Å²) in [5.74, 6) is -0.956. The largest absolute Gasteiger partial charge is 0.469 e. The van der Waals surface area contributed by atoms with Crippen molar-refractivity contribution in [1.29, 1.82) is 0 Å². The van der Waals surface area contributed by atoms with E-state index in [0.717, 1.165) is 16.7 Å². The predicted molar refractivity (Wildman–Crippen MR) is 143 cm³/mol. The van der Waals surface area contributed by atoms with Crippen LogP contribution < -0.4 is 5.32 Å². The molecule has 11 heteroatoms. The van der Waals surface area contributed by atoms with E-state index in [9.17, 15) is 14.4 Å². The van der Waals surface area contributed by atoms with Crippen molar-refractivity contribution in [2.45, 2.75) is 51.6 Å². The van der Waals surface area contributed by atoms with Crippen molar-refractivity contribution in [3.8, 4) is 0 Å². The standard InChI is InChI=1S/C28H31N7O4/c1-28(2,3)18-8-5-16(6-9-18)21(14-24(36)39-4)29-26(37)25-19-11-12-35(15-23(19)30-33-25)27(38)17-7-10-20-22(13-17)32-34-31-20/h5-10,13,21H,11-12,14-15H2,1-4H3,(H,29,37)(H,30,33)(H,31,32,34). The summed E-state index contributed by atoms with van der Waals surface area (Å²) in [5.41, 5.74) is 5.49. The maximum Gasteiger partial charge on any atom is 0.307 e. The van der Waals surface area contributed by atoms with Crippen LogP contribution in [0, 0.1) is 0 Å². The number of aromatic amines is 2. The van der Waals surface area contributed by atoms with Gasteiger partial charge in [0.1, 0.15) is 11.0 Å². The van der Waals surface area contributed by atoms with Crippen LogP contribution in [0.3, 0.4) is 0 Å². The number of nitrogens with zero attached hydrogens (tertiary/aromatic N) is 4. The number of esters is 1. The van der Waals surface area contributed by atoms with Crippen molar-refractivity contribution in [2.24, 2.45) is 0 Å². The molecule has 5 rings (SSSR count). The second-order valence-corrected chi connectivity index (χ2v) is 10.7. The van der Waals surface area contributed by atoms with Crippen LogP contribution in [0.4, 0.5) is 0 Å². The summed E-state index contributed by atoms with van der Waals surface area (Å²) in [4.78, 5) is 40.4. The lowest BCUT2D eigenvalue weighted by Crippen LogP contribution is -2.37. The highest BCUT2D eigenvalue weighted by atomic mass is 16.5. The molecule has 0 spiro atoms. The van der Waals surface area contributed by atoms with Gasteiger partial charge < -0.3 is 15.0 Å². The number of benzene rings is 2. The highest BCUT2D eigenvalue weighted by molar-refractivity contribution is 5.98. The molecular formula is C28H31N7O4. The zero-order valence-electron chi connectivity index (χ0n) is 22.4. The molecule has 3 N–H and O–H groups in total. The maximum atomic E-state index is 13.4. The van der Waals surface area contributed by atoms with Gasteiger partial charge in [0.25, 0.3) is 11.8 Å². The Morgan fingerprint density at radius 3 is 2.51 bits per heavy atom. The van der Waals surface area contributed by atoms with Crippen LogP contribution in [0.1, 0.15) is 76.5 Å². The number of H-pyrrole nitrogens is 2. The lowest BCUT2D eigenvalue weighted by Gasteiger charge is -2.27. The first-order valence-corrected chi connectivity index (χ1v) is 12.8. The van der Waals surface area contributed by atoms with Crippen LogP contribution in [0.25, 0.3) is 11.0 Å². The Bertz CT molecular complexity index is 1530. The number of ether oxygens (including phenoxy) is 1. The normalized spacial score (nSPS) is 14.1. The topological polar surface area (TPSA) is 146 Å². The van der Waals surface area contributed by atoms with Crippen molar-refractivity contribution in [3.63, 3.8) is 0 Å². The Morgan fingerprint density at radius 1 is 1.05 bits per heavy atom. The van der Waals surface area contributed by atoms with Crippen LogP contribution in [0.2, 0.25) is 0 Å². The Morgan fingerprint density at radius 2 is 1.79 bits per heavy atom. The second kappa shape index (κ2) is 10.3. The Labute approximate surface area is 225 Å². The van der Waals surface area contributed by atoms with Gasteiger partial charge in [0.2, 0.25) is 0 Å². The predicted octanol–water partition coefficient (Wildman–Crippen LogP) is 3.21. The summed E-state index contributed by atoms with van der Waals surface area (Å²) < 4.78 is 4.87. The minimum absolute atomic E-state index is 0.0120. The molecule has 202 valence electrons. The van der Waals surface area contributed by atoms with E-state index in [-0.39, 0.29) is 23.4 Å². The van der Waals surface area contributed by atoms with E-state index in [1.807, 2.05) is 24.3 Å². The first-order chi connectivity index (χ1) is 18.6. The molecular weight excluding hydrogens is 498 g/mol. The highest BCUT2D eigenvalue weighted by Crippen LogP contribution is 2.27. The zero-order valence-corrected chi connectivity index (χ0v) is 22.4. The van der Waals surface area contributed by atoms with Crippen molar-refractivity contribution in [1.82, 2.24) is 35.8 Å². The molecule has 0 fully saturated rings. The van der Waals surface area contributed by atoms with Crippen LogP contribution >= 0.6 is 0 Å². The quantitative estimate of drug-likeness (QED) is 0.325. The second-order valence-electron chi connectivity index (χ2n) is 10.7. The lowest BCUT2D eigenvalue weighted by atomic mass is 9.86. The molecule has 1 atom stereocenters. The number of methoxy groups -OCH3 is 1. The van der Waals surface area contributed by atoms with Gasteiger partial charge in [-0.25, -0.2) is 0 Å². The van der Waals surface area contributed by atoms with Gasteiger partial charge in [0, 0.05) is 17.7 Å². The zero-order chi connectivity index (χ0) is 27.7. The summed E-state index contributed by atoms with van der Waals surface area (Å²) in [7, 11) is 1.32. The van der Waals surface area contributed by atoms with E-state index >= 15 is 0 Å². The number of hydrogen-bond donors (Lipinski definition) is 3. The highest BCUT2D eigenvalue weighted by Gasteiger charge is 2.30. The monoisotopic (exact) mass is 529 g/mol. The molecule has 2 aromatic heterocycles. The summed E-state index contributed by atoms with van der Waals surface area (Å²) in [5, 5.41) is 20.8. The Kier molecular flexibility index (Phi) is 6.90. The summed E-state index contributed by atoms with van der Waals surface area (Å²) in [6, 6.07) is 12.5. The van der Waals surface area contributed by atoms with E-state index in [1.54, 1.807) is 23.1 Å². The minimum Gasteiger partial charge on any atom is -0.469 e. The molecule has 3 heterocycles. The third kappa shape index (κ3) is 5.38. The fourth-order valence-electron chi connectivity index (χ4n) is 4.78. The fourth-order valence-corrected chi connectivity index (χ4v) is 4.78. The van der Waals surface area contributed by atoms with Gasteiger partial charge in [-0.15, -0.1) is 0 Å². The fraction of sp³-hybridized carbons (Fsp3) is 0.357. The molecule has 1 unspecified atom stereocenters. The minimum atomic E-state index is -0.584. The van der Waals surface area contributed by atoms with Crippen molar-refractivity contribution in [3.05, 3.63) is 76.1 Å². The van der Waals surface area contributed by atoms with Gasteiger partial charge >= 0.3 is 5.97 Å².